The van der Waals surface area contributed by atoms with E-state index in [1.54, 1.807) is 49.4 Å². The largest absolute Gasteiger partial charge is 0.292 e. The van der Waals surface area contributed by atoms with Gasteiger partial charge in [-0.2, -0.15) is 0 Å². The van der Waals surface area contributed by atoms with Crippen molar-refractivity contribution in [3.8, 4) is 0 Å². The smallest absolute Gasteiger partial charge is 0.261 e. The highest BCUT2D eigenvalue weighted by Crippen LogP contribution is 2.17. The second-order valence-electron chi connectivity index (χ2n) is 5.02. The summed E-state index contributed by atoms with van der Waals surface area (Å²) in [6, 6.07) is 13.2. The number of carbonyl (C=O) groups is 1. The molecule has 1 atom stereocenters. The monoisotopic (exact) mass is 312 g/mol. The van der Waals surface area contributed by atoms with E-state index in [1.165, 1.54) is 10.9 Å². The van der Waals surface area contributed by atoms with E-state index in [9.17, 15) is 9.59 Å². The Morgan fingerprint density at radius 1 is 1.18 bits per heavy atom. The second kappa shape index (κ2) is 5.73. The molecule has 0 amide bonds. The summed E-state index contributed by atoms with van der Waals surface area (Å²) < 4.78 is 1.34. The Hall–Kier alpha value is -2.46. The molecule has 0 radical (unpaired) electrons. The molecule has 0 aliphatic heterocycles. The molecule has 0 spiro atoms. The minimum atomic E-state index is -0.634. The van der Waals surface area contributed by atoms with Crippen molar-refractivity contribution in [2.75, 3.05) is 0 Å². The number of ketones is 1. The average Bonchev–Trinajstić information content (AvgIpc) is 2.55. The lowest BCUT2D eigenvalue weighted by atomic mass is 10.1. The van der Waals surface area contributed by atoms with Crippen molar-refractivity contribution in [2.45, 2.75) is 13.0 Å². The van der Waals surface area contributed by atoms with E-state index in [-0.39, 0.29) is 11.3 Å². The fourth-order valence-electron chi connectivity index (χ4n) is 2.35. The van der Waals surface area contributed by atoms with Gasteiger partial charge in [0, 0.05) is 10.6 Å². The Kier molecular flexibility index (Phi) is 3.77. The highest BCUT2D eigenvalue weighted by atomic mass is 35.5. The number of carbonyl (C=O) groups excluding carboxylic acids is 1. The summed E-state index contributed by atoms with van der Waals surface area (Å²) >= 11 is 5.94. The zero-order valence-corrected chi connectivity index (χ0v) is 12.6. The normalized spacial score (nSPS) is 12.3. The first-order valence-corrected chi connectivity index (χ1v) is 7.21. The molecular formula is C17H13ClN2O2. The molecule has 22 heavy (non-hydrogen) atoms. The maximum atomic E-state index is 12.6. The van der Waals surface area contributed by atoms with Gasteiger partial charge in [0.25, 0.3) is 5.56 Å². The predicted octanol–water partition coefficient (Wildman–Crippen LogP) is 3.49. The molecule has 110 valence electrons. The molecule has 0 unspecified atom stereocenters. The van der Waals surface area contributed by atoms with E-state index < -0.39 is 6.04 Å². The van der Waals surface area contributed by atoms with E-state index in [4.69, 9.17) is 11.6 Å². The van der Waals surface area contributed by atoms with Crippen LogP contribution in [0.1, 0.15) is 23.3 Å². The topological polar surface area (TPSA) is 52.0 Å². The van der Waals surface area contributed by atoms with Crippen molar-refractivity contribution in [3.05, 3.63) is 75.8 Å². The van der Waals surface area contributed by atoms with E-state index in [1.807, 2.05) is 6.07 Å². The lowest BCUT2D eigenvalue weighted by molar-refractivity contribution is 0.0932. The van der Waals surface area contributed by atoms with Gasteiger partial charge in [-0.15, -0.1) is 0 Å². The van der Waals surface area contributed by atoms with Crippen LogP contribution in [0.5, 0.6) is 0 Å². The van der Waals surface area contributed by atoms with Crippen LogP contribution in [0.4, 0.5) is 0 Å². The van der Waals surface area contributed by atoms with Crippen molar-refractivity contribution >= 4 is 28.3 Å². The number of benzene rings is 2. The van der Waals surface area contributed by atoms with Crippen LogP contribution < -0.4 is 5.56 Å². The van der Waals surface area contributed by atoms with Gasteiger partial charge in [0.15, 0.2) is 5.78 Å². The molecule has 0 aliphatic carbocycles. The molecule has 0 fully saturated rings. The molecule has 0 saturated carbocycles. The summed E-state index contributed by atoms with van der Waals surface area (Å²) in [5, 5.41) is 0.869. The number of aromatic nitrogens is 2. The Labute approximate surface area is 132 Å². The van der Waals surface area contributed by atoms with Gasteiger partial charge in [0.2, 0.25) is 0 Å². The van der Waals surface area contributed by atoms with Crippen LogP contribution in [-0.2, 0) is 0 Å². The Bertz CT molecular complexity index is 903. The molecule has 4 nitrogen and oxygen atoms in total. The highest BCUT2D eigenvalue weighted by Gasteiger charge is 2.19. The third kappa shape index (κ3) is 2.53. The van der Waals surface area contributed by atoms with Crippen molar-refractivity contribution in [2.24, 2.45) is 0 Å². The van der Waals surface area contributed by atoms with Crippen LogP contribution in [-0.4, -0.2) is 15.3 Å². The number of hydrogen-bond donors (Lipinski definition) is 0. The van der Waals surface area contributed by atoms with Gasteiger partial charge in [-0.05, 0) is 25.1 Å². The summed E-state index contributed by atoms with van der Waals surface area (Å²) in [7, 11) is 0. The van der Waals surface area contributed by atoms with Gasteiger partial charge in [0.05, 0.1) is 23.3 Å². The van der Waals surface area contributed by atoms with E-state index >= 15 is 0 Å². The van der Waals surface area contributed by atoms with E-state index in [2.05, 4.69) is 4.98 Å². The average molecular weight is 313 g/mol. The molecule has 0 aliphatic rings. The van der Waals surface area contributed by atoms with Crippen LogP contribution in [0.3, 0.4) is 0 Å². The lowest BCUT2D eigenvalue weighted by Gasteiger charge is -2.14. The fourth-order valence-corrected chi connectivity index (χ4v) is 2.53. The lowest BCUT2D eigenvalue weighted by Crippen LogP contribution is -2.28. The van der Waals surface area contributed by atoms with Crippen LogP contribution >= 0.6 is 11.6 Å². The summed E-state index contributed by atoms with van der Waals surface area (Å²) in [5.41, 5.74) is 0.849. The zero-order chi connectivity index (χ0) is 15.7. The molecular weight excluding hydrogens is 300 g/mol. The molecule has 3 rings (SSSR count). The number of halogens is 1. The number of Topliss-reactive ketones (excluding diaryl/α,β-unsaturated/α-hetero) is 1. The van der Waals surface area contributed by atoms with Gasteiger partial charge in [0.1, 0.15) is 0 Å². The second-order valence-corrected chi connectivity index (χ2v) is 5.46. The first-order chi connectivity index (χ1) is 10.6. The number of rotatable bonds is 3. The molecule has 0 N–H and O–H groups in total. The molecule has 3 aromatic rings. The summed E-state index contributed by atoms with van der Waals surface area (Å²) in [6.45, 7) is 1.69. The summed E-state index contributed by atoms with van der Waals surface area (Å²) in [4.78, 5) is 29.3. The van der Waals surface area contributed by atoms with Crippen LogP contribution in [0.25, 0.3) is 10.9 Å². The summed E-state index contributed by atoms with van der Waals surface area (Å²) in [5.74, 6) is -0.133. The molecule has 0 bridgehead atoms. The fraction of sp³-hybridized carbons (Fsp3) is 0.118. The van der Waals surface area contributed by atoms with Crippen molar-refractivity contribution in [1.29, 1.82) is 0 Å². The predicted molar refractivity (Wildman–Crippen MR) is 86.5 cm³/mol. The first-order valence-electron chi connectivity index (χ1n) is 6.83. The number of fused-ring (bicyclic) bond motifs is 1. The molecule has 1 heterocycles. The van der Waals surface area contributed by atoms with Gasteiger partial charge >= 0.3 is 0 Å². The highest BCUT2D eigenvalue weighted by molar-refractivity contribution is 6.31. The minimum absolute atomic E-state index is 0.133. The Morgan fingerprint density at radius 3 is 2.64 bits per heavy atom. The quantitative estimate of drug-likeness (QED) is 0.696. The van der Waals surface area contributed by atoms with Crippen molar-refractivity contribution in [1.82, 2.24) is 9.55 Å². The third-order valence-corrected chi connectivity index (χ3v) is 3.83. The van der Waals surface area contributed by atoms with Crippen LogP contribution in [0.15, 0.2) is 59.7 Å². The third-order valence-electron chi connectivity index (χ3n) is 3.60. The summed E-state index contributed by atoms with van der Waals surface area (Å²) in [6.07, 6.45) is 1.41. The minimum Gasteiger partial charge on any atom is -0.292 e. The van der Waals surface area contributed by atoms with Gasteiger partial charge in [-0.1, -0.05) is 41.9 Å². The zero-order valence-electron chi connectivity index (χ0n) is 11.9. The van der Waals surface area contributed by atoms with Crippen molar-refractivity contribution < 1.29 is 4.79 Å². The molecule has 5 heteroatoms. The van der Waals surface area contributed by atoms with Gasteiger partial charge < -0.3 is 0 Å². The molecule has 0 saturated heterocycles. The van der Waals surface area contributed by atoms with Crippen LogP contribution in [0, 0.1) is 0 Å². The SMILES string of the molecule is C[C@H](C(=O)c1ccccc1)n1cnc2ccc(Cl)cc2c1=O. The van der Waals surface area contributed by atoms with Crippen LogP contribution in [0.2, 0.25) is 5.02 Å². The Morgan fingerprint density at radius 2 is 1.91 bits per heavy atom. The Balaban J connectivity index is 2.08. The molecule has 1 aromatic heterocycles. The number of hydrogen-bond acceptors (Lipinski definition) is 3. The first kappa shape index (κ1) is 14.5. The van der Waals surface area contributed by atoms with Crippen molar-refractivity contribution in [3.63, 3.8) is 0 Å². The number of nitrogens with zero attached hydrogens (tertiary/aromatic N) is 2. The van der Waals surface area contributed by atoms with Gasteiger partial charge in [-0.25, -0.2) is 4.98 Å². The van der Waals surface area contributed by atoms with Gasteiger partial charge in [-0.3, -0.25) is 14.2 Å². The molecule has 2 aromatic carbocycles. The van der Waals surface area contributed by atoms with E-state index in [0.29, 0.717) is 21.5 Å². The van der Waals surface area contributed by atoms with E-state index in [0.717, 1.165) is 0 Å². The standard InChI is InChI=1S/C17H13ClN2O2/c1-11(16(21)12-5-3-2-4-6-12)20-10-19-15-8-7-13(18)9-14(15)17(20)22/h2-11H,1H3/t11-/m1/s1. The maximum absolute atomic E-state index is 12.6. The maximum Gasteiger partial charge on any atom is 0.261 e.